The highest BCUT2D eigenvalue weighted by Gasteiger charge is 2.18. The topological polar surface area (TPSA) is 12.0 Å². The molecule has 2 aromatic rings. The van der Waals surface area contributed by atoms with Crippen molar-refractivity contribution in [1.82, 2.24) is 0 Å². The lowest BCUT2D eigenvalue weighted by Gasteiger charge is -2.26. The van der Waals surface area contributed by atoms with Gasteiger partial charge >= 0.3 is 0 Å². The third-order valence-electron chi connectivity index (χ3n) is 3.60. The van der Waals surface area contributed by atoms with E-state index in [0.29, 0.717) is 5.92 Å². The highest BCUT2D eigenvalue weighted by atomic mass is 35.5. The second-order valence-corrected chi connectivity index (χ2v) is 5.96. The molecule has 1 aliphatic rings. The standard InChI is InChI=1S/C16H15Cl2N/c17-14-4-1-11(2-5-14)7-12-8-13-3-6-15(18)9-16(13)19-10-12/h1-6,9,12,19H,7-8,10H2. The van der Waals surface area contributed by atoms with Crippen molar-refractivity contribution >= 4 is 28.9 Å². The fraction of sp³-hybridized carbons (Fsp3) is 0.250. The first-order valence-corrected chi connectivity index (χ1v) is 7.23. The average Bonchev–Trinajstić information content (AvgIpc) is 2.42. The molecule has 98 valence electrons. The van der Waals surface area contributed by atoms with Crippen molar-refractivity contribution in [3.8, 4) is 0 Å². The molecule has 3 heteroatoms. The van der Waals surface area contributed by atoms with Crippen molar-refractivity contribution in [2.45, 2.75) is 12.8 Å². The minimum Gasteiger partial charge on any atom is -0.384 e. The van der Waals surface area contributed by atoms with Gasteiger partial charge in [-0.3, -0.25) is 0 Å². The van der Waals surface area contributed by atoms with Gasteiger partial charge in [-0.05, 0) is 54.2 Å². The summed E-state index contributed by atoms with van der Waals surface area (Å²) in [7, 11) is 0. The maximum atomic E-state index is 6.01. The van der Waals surface area contributed by atoms with E-state index in [1.165, 1.54) is 16.8 Å². The molecule has 0 saturated heterocycles. The summed E-state index contributed by atoms with van der Waals surface area (Å²) in [5, 5.41) is 5.07. The molecule has 0 bridgehead atoms. The van der Waals surface area contributed by atoms with E-state index in [0.717, 1.165) is 29.4 Å². The number of nitrogens with one attached hydrogen (secondary N) is 1. The van der Waals surface area contributed by atoms with Crippen LogP contribution in [0.15, 0.2) is 42.5 Å². The predicted molar refractivity (Wildman–Crippen MR) is 82.3 cm³/mol. The Morgan fingerprint density at radius 3 is 2.53 bits per heavy atom. The Labute approximate surface area is 123 Å². The van der Waals surface area contributed by atoms with Crippen LogP contribution >= 0.6 is 23.2 Å². The number of fused-ring (bicyclic) bond motifs is 1. The first-order valence-electron chi connectivity index (χ1n) is 6.47. The van der Waals surface area contributed by atoms with Gasteiger partial charge in [0.25, 0.3) is 0 Å². The van der Waals surface area contributed by atoms with Crippen LogP contribution in [0.3, 0.4) is 0 Å². The van der Waals surface area contributed by atoms with E-state index < -0.39 is 0 Å². The van der Waals surface area contributed by atoms with E-state index in [4.69, 9.17) is 23.2 Å². The van der Waals surface area contributed by atoms with Gasteiger partial charge in [0, 0.05) is 22.3 Å². The van der Waals surface area contributed by atoms with Crippen LogP contribution in [-0.2, 0) is 12.8 Å². The Hall–Kier alpha value is -1.18. The quantitative estimate of drug-likeness (QED) is 0.836. The summed E-state index contributed by atoms with van der Waals surface area (Å²) >= 11 is 11.9. The lowest BCUT2D eigenvalue weighted by molar-refractivity contribution is 0.535. The summed E-state index contributed by atoms with van der Waals surface area (Å²) in [5.41, 5.74) is 3.88. The largest absolute Gasteiger partial charge is 0.384 e. The zero-order valence-corrected chi connectivity index (χ0v) is 12.0. The van der Waals surface area contributed by atoms with Crippen LogP contribution in [-0.4, -0.2) is 6.54 Å². The van der Waals surface area contributed by atoms with Gasteiger partial charge < -0.3 is 5.32 Å². The molecule has 1 atom stereocenters. The molecule has 1 nitrogen and oxygen atoms in total. The third-order valence-corrected chi connectivity index (χ3v) is 4.09. The number of hydrogen-bond acceptors (Lipinski definition) is 1. The Bertz CT molecular complexity index is 578. The molecule has 1 heterocycles. The zero-order chi connectivity index (χ0) is 13.2. The van der Waals surface area contributed by atoms with E-state index in [9.17, 15) is 0 Å². The second kappa shape index (κ2) is 5.44. The van der Waals surface area contributed by atoms with Crippen LogP contribution in [0, 0.1) is 5.92 Å². The number of halogens is 2. The second-order valence-electron chi connectivity index (χ2n) is 5.08. The van der Waals surface area contributed by atoms with Gasteiger partial charge in [-0.25, -0.2) is 0 Å². The normalized spacial score (nSPS) is 17.7. The molecule has 0 fully saturated rings. The van der Waals surface area contributed by atoms with Crippen LogP contribution in [0.2, 0.25) is 10.0 Å². The van der Waals surface area contributed by atoms with Crippen molar-refractivity contribution in [2.75, 3.05) is 11.9 Å². The van der Waals surface area contributed by atoms with Crippen LogP contribution in [0.4, 0.5) is 5.69 Å². The minimum absolute atomic E-state index is 0.620. The Balaban J connectivity index is 1.72. The van der Waals surface area contributed by atoms with Gasteiger partial charge in [-0.2, -0.15) is 0 Å². The first kappa shape index (κ1) is 12.8. The summed E-state index contributed by atoms with van der Waals surface area (Å²) in [6.45, 7) is 0.996. The highest BCUT2D eigenvalue weighted by molar-refractivity contribution is 6.31. The molecule has 2 aromatic carbocycles. The monoisotopic (exact) mass is 291 g/mol. The van der Waals surface area contributed by atoms with E-state index in [1.807, 2.05) is 24.3 Å². The average molecular weight is 292 g/mol. The lowest BCUT2D eigenvalue weighted by Crippen LogP contribution is -2.24. The summed E-state index contributed by atoms with van der Waals surface area (Å²) in [5.74, 6) is 0.620. The van der Waals surface area contributed by atoms with E-state index in [1.54, 1.807) is 0 Å². The molecule has 1 N–H and O–H groups in total. The maximum absolute atomic E-state index is 6.01. The summed E-state index contributed by atoms with van der Waals surface area (Å²) < 4.78 is 0. The molecule has 19 heavy (non-hydrogen) atoms. The molecule has 0 amide bonds. The van der Waals surface area contributed by atoms with Crippen LogP contribution in [0.5, 0.6) is 0 Å². The zero-order valence-electron chi connectivity index (χ0n) is 10.5. The Morgan fingerprint density at radius 2 is 1.74 bits per heavy atom. The number of benzene rings is 2. The Kier molecular flexibility index (Phi) is 3.67. The molecule has 0 saturated carbocycles. The van der Waals surface area contributed by atoms with Crippen molar-refractivity contribution in [2.24, 2.45) is 5.92 Å². The highest BCUT2D eigenvalue weighted by Crippen LogP contribution is 2.29. The van der Waals surface area contributed by atoms with Crippen molar-refractivity contribution < 1.29 is 0 Å². The van der Waals surface area contributed by atoms with Crippen LogP contribution in [0.25, 0.3) is 0 Å². The minimum atomic E-state index is 0.620. The van der Waals surface area contributed by atoms with Gasteiger partial charge in [0.15, 0.2) is 0 Å². The smallest absolute Gasteiger partial charge is 0.0426 e. The Morgan fingerprint density at radius 1 is 1.00 bits per heavy atom. The molecule has 0 radical (unpaired) electrons. The first-order chi connectivity index (χ1) is 9.20. The predicted octanol–water partition coefficient (Wildman–Crippen LogP) is 4.82. The van der Waals surface area contributed by atoms with Gasteiger partial charge in [-0.15, -0.1) is 0 Å². The summed E-state index contributed by atoms with van der Waals surface area (Å²) in [6.07, 6.45) is 2.17. The molecule has 0 spiro atoms. The van der Waals surface area contributed by atoms with Gasteiger partial charge in [-0.1, -0.05) is 41.4 Å². The third kappa shape index (κ3) is 3.05. The van der Waals surface area contributed by atoms with Gasteiger partial charge in [0.05, 0.1) is 0 Å². The van der Waals surface area contributed by atoms with E-state index in [-0.39, 0.29) is 0 Å². The maximum Gasteiger partial charge on any atom is 0.0426 e. The fourth-order valence-corrected chi connectivity index (χ4v) is 2.92. The number of hydrogen-bond donors (Lipinski definition) is 1. The fourth-order valence-electron chi connectivity index (χ4n) is 2.63. The molecule has 0 aromatic heterocycles. The molecule has 3 rings (SSSR count). The summed E-state index contributed by atoms with van der Waals surface area (Å²) in [6, 6.07) is 14.2. The van der Waals surface area contributed by atoms with Crippen LogP contribution in [0.1, 0.15) is 11.1 Å². The van der Waals surface area contributed by atoms with E-state index in [2.05, 4.69) is 23.5 Å². The van der Waals surface area contributed by atoms with Gasteiger partial charge in [0.1, 0.15) is 0 Å². The number of rotatable bonds is 2. The van der Waals surface area contributed by atoms with Gasteiger partial charge in [0.2, 0.25) is 0 Å². The molecule has 1 unspecified atom stereocenters. The van der Waals surface area contributed by atoms with Crippen molar-refractivity contribution in [3.63, 3.8) is 0 Å². The molecule has 0 aliphatic carbocycles. The summed E-state index contributed by atoms with van der Waals surface area (Å²) in [4.78, 5) is 0. The molecule has 1 aliphatic heterocycles. The van der Waals surface area contributed by atoms with E-state index >= 15 is 0 Å². The molecular formula is C16H15Cl2N. The van der Waals surface area contributed by atoms with Crippen molar-refractivity contribution in [3.05, 3.63) is 63.6 Å². The SMILES string of the molecule is Clc1ccc(CC2CNc3cc(Cl)ccc3C2)cc1. The van der Waals surface area contributed by atoms with Crippen LogP contribution < -0.4 is 5.32 Å². The molecular weight excluding hydrogens is 277 g/mol. The number of anilines is 1. The lowest BCUT2D eigenvalue weighted by atomic mass is 9.89. The van der Waals surface area contributed by atoms with Crippen molar-refractivity contribution in [1.29, 1.82) is 0 Å².